The van der Waals surface area contributed by atoms with Gasteiger partial charge in [0.2, 0.25) is 0 Å². The summed E-state index contributed by atoms with van der Waals surface area (Å²) in [5, 5.41) is 9.44. The van der Waals surface area contributed by atoms with Crippen LogP contribution in [0.5, 0.6) is 0 Å². The normalized spacial score (nSPS) is 15.6. The van der Waals surface area contributed by atoms with Gasteiger partial charge in [-0.05, 0) is 98.0 Å². The number of fused-ring (bicyclic) bond motifs is 10. The fraction of sp³-hybridized carbons (Fsp3) is 0.261. The summed E-state index contributed by atoms with van der Waals surface area (Å²) in [6.45, 7) is 24.2. The highest BCUT2D eigenvalue weighted by atomic mass is 28.3. The highest BCUT2D eigenvalue weighted by Crippen LogP contribution is 2.43. The van der Waals surface area contributed by atoms with Crippen molar-refractivity contribution in [1.29, 1.82) is 0 Å². The van der Waals surface area contributed by atoms with E-state index in [0.717, 1.165) is 0 Å². The molecule has 6 aromatic rings. The number of hydrogen-bond acceptors (Lipinski definition) is 0. The molecule has 0 unspecified atom stereocenters. The van der Waals surface area contributed by atoms with Crippen LogP contribution < -0.4 is 20.7 Å². The first-order chi connectivity index (χ1) is 22.6. The molecule has 0 fully saturated rings. The summed E-state index contributed by atoms with van der Waals surface area (Å²) in [7, 11) is -4.11. The van der Waals surface area contributed by atoms with E-state index in [1.54, 1.807) is 20.7 Å². The van der Waals surface area contributed by atoms with Crippen LogP contribution in [0.1, 0.15) is 52.7 Å². The lowest BCUT2D eigenvalue weighted by Crippen LogP contribution is -2.63. The maximum atomic E-state index is 2.62. The van der Waals surface area contributed by atoms with Crippen LogP contribution in [0.25, 0.3) is 55.3 Å². The molecule has 0 bridgehead atoms. The van der Waals surface area contributed by atoms with Crippen LogP contribution >= 0.6 is 0 Å². The van der Waals surface area contributed by atoms with Gasteiger partial charge in [0.25, 0.3) is 0 Å². The van der Waals surface area contributed by atoms with E-state index >= 15 is 0 Å². The van der Waals surface area contributed by atoms with E-state index in [-0.39, 0.29) is 10.8 Å². The second-order valence-electron chi connectivity index (χ2n) is 17.5. The molecule has 6 aromatic carbocycles. The minimum atomic E-state index is -2.06. The third-order valence-electron chi connectivity index (χ3n) is 11.6. The highest BCUT2D eigenvalue weighted by molar-refractivity contribution is 7.13. The van der Waals surface area contributed by atoms with Gasteiger partial charge in [-0.3, -0.25) is 0 Å². The zero-order chi connectivity index (χ0) is 34.0. The summed E-state index contributed by atoms with van der Waals surface area (Å²) in [6, 6.07) is 42.6. The molecule has 2 aliphatic rings. The van der Waals surface area contributed by atoms with Gasteiger partial charge >= 0.3 is 0 Å². The maximum Gasteiger partial charge on any atom is 0.113 e. The zero-order valence-electron chi connectivity index (χ0n) is 30.4. The molecular formula is C46H48Si2. The Hall–Kier alpha value is -3.99. The third kappa shape index (κ3) is 4.52. The molecule has 0 aromatic heterocycles. The SMILES string of the molecule is CC(C)(C)c1ccc(-c2ccc3c(c2)[Si](C)(C)c2c4c(c5ccccc5c2-3)-c2ccc(-c3ccc(C(C)(C)C)cc3)cc2[Si]4(C)C)cc1. The van der Waals surface area contributed by atoms with Gasteiger partial charge < -0.3 is 0 Å². The largest absolute Gasteiger partial charge is 0.113 e. The summed E-state index contributed by atoms with van der Waals surface area (Å²) in [5.74, 6) is 0. The Morgan fingerprint density at radius 2 is 0.729 bits per heavy atom. The molecule has 0 saturated carbocycles. The van der Waals surface area contributed by atoms with E-state index in [2.05, 4.69) is 177 Å². The van der Waals surface area contributed by atoms with Crippen LogP contribution in [0, 0.1) is 0 Å². The van der Waals surface area contributed by atoms with E-state index in [1.807, 2.05) is 0 Å². The van der Waals surface area contributed by atoms with Gasteiger partial charge in [0.05, 0.1) is 0 Å². The molecule has 0 radical (unpaired) electrons. The monoisotopic (exact) mass is 656 g/mol. The van der Waals surface area contributed by atoms with E-state index in [0.29, 0.717) is 0 Å². The molecule has 2 heteroatoms. The van der Waals surface area contributed by atoms with Crippen LogP contribution in [0.4, 0.5) is 0 Å². The smallest absolute Gasteiger partial charge is 0.0616 e. The number of hydrogen-bond donors (Lipinski definition) is 0. The van der Waals surface area contributed by atoms with Crippen molar-refractivity contribution in [1.82, 2.24) is 0 Å². The topological polar surface area (TPSA) is 0 Å². The molecule has 0 amide bonds. The maximum absolute atomic E-state index is 2.62. The van der Waals surface area contributed by atoms with Crippen molar-refractivity contribution in [2.75, 3.05) is 0 Å². The van der Waals surface area contributed by atoms with E-state index in [4.69, 9.17) is 0 Å². The average molecular weight is 657 g/mol. The predicted molar refractivity (Wildman–Crippen MR) is 217 cm³/mol. The van der Waals surface area contributed by atoms with Crippen molar-refractivity contribution in [3.8, 4) is 44.5 Å². The van der Waals surface area contributed by atoms with Gasteiger partial charge in [-0.1, -0.05) is 177 Å². The van der Waals surface area contributed by atoms with Crippen molar-refractivity contribution >= 4 is 47.7 Å². The van der Waals surface area contributed by atoms with Crippen LogP contribution in [0.2, 0.25) is 26.2 Å². The zero-order valence-corrected chi connectivity index (χ0v) is 32.4. The minimum absolute atomic E-state index is 0.153. The van der Waals surface area contributed by atoms with Crippen molar-refractivity contribution in [3.05, 3.63) is 120 Å². The Kier molecular flexibility index (Phi) is 6.69. The molecule has 0 spiro atoms. The lowest BCUT2D eigenvalue weighted by atomic mass is 9.86. The summed E-state index contributed by atoms with van der Waals surface area (Å²) < 4.78 is 0. The van der Waals surface area contributed by atoms with Crippen LogP contribution in [0.3, 0.4) is 0 Å². The third-order valence-corrected chi connectivity index (χ3v) is 18.8. The van der Waals surface area contributed by atoms with Crippen LogP contribution in [-0.4, -0.2) is 16.1 Å². The predicted octanol–water partition coefficient (Wildman–Crippen LogP) is 10.4. The van der Waals surface area contributed by atoms with Crippen molar-refractivity contribution in [2.24, 2.45) is 0 Å². The molecule has 240 valence electrons. The van der Waals surface area contributed by atoms with Gasteiger partial charge in [0.1, 0.15) is 16.1 Å². The average Bonchev–Trinajstić information content (AvgIpc) is 3.43. The molecule has 0 nitrogen and oxygen atoms in total. The summed E-state index contributed by atoms with van der Waals surface area (Å²) in [6.07, 6.45) is 0. The fourth-order valence-corrected chi connectivity index (χ4v) is 17.3. The Morgan fingerprint density at radius 1 is 0.396 bits per heavy atom. The van der Waals surface area contributed by atoms with Crippen molar-refractivity contribution < 1.29 is 0 Å². The van der Waals surface area contributed by atoms with E-state index < -0.39 is 16.1 Å². The Labute approximate surface area is 289 Å². The number of benzene rings is 6. The molecule has 8 rings (SSSR count). The highest BCUT2D eigenvalue weighted by Gasteiger charge is 2.49. The Bertz CT molecular complexity index is 2110. The molecule has 0 atom stereocenters. The Morgan fingerprint density at radius 3 is 1.06 bits per heavy atom. The van der Waals surface area contributed by atoms with E-state index in [9.17, 15) is 0 Å². The second kappa shape index (κ2) is 10.3. The van der Waals surface area contributed by atoms with Gasteiger partial charge in [-0.25, -0.2) is 0 Å². The first kappa shape index (κ1) is 31.3. The quantitative estimate of drug-likeness (QED) is 0.163. The summed E-state index contributed by atoms with van der Waals surface area (Å²) in [4.78, 5) is 0. The van der Waals surface area contributed by atoms with Gasteiger partial charge in [-0.15, -0.1) is 0 Å². The minimum Gasteiger partial charge on any atom is -0.0616 e. The molecular weight excluding hydrogens is 609 g/mol. The second-order valence-corrected chi connectivity index (χ2v) is 26.0. The molecule has 2 aliphatic heterocycles. The van der Waals surface area contributed by atoms with Crippen molar-refractivity contribution in [3.63, 3.8) is 0 Å². The summed E-state index contributed by atoms with van der Waals surface area (Å²) in [5.41, 5.74) is 14.4. The Balaban J connectivity index is 1.31. The number of rotatable bonds is 2. The van der Waals surface area contributed by atoms with Gasteiger partial charge in [-0.2, -0.15) is 0 Å². The first-order valence-electron chi connectivity index (χ1n) is 17.7. The standard InChI is InChI=1S/C46H48Si2/c1-45(2,3)33-21-15-29(16-22-33)31-19-25-37-39(27-31)47(7,8)43-41(37)35-13-11-12-14-36(35)42-38-26-20-32(28-40(38)48(9,10)44(42)43)30-17-23-34(24-18-30)46(4,5)6/h11-28H,1-10H3. The van der Waals surface area contributed by atoms with Crippen LogP contribution in [0.15, 0.2) is 109 Å². The molecule has 48 heavy (non-hydrogen) atoms. The van der Waals surface area contributed by atoms with E-state index in [1.165, 1.54) is 66.4 Å². The van der Waals surface area contributed by atoms with Gasteiger partial charge in [0, 0.05) is 0 Å². The first-order valence-corrected chi connectivity index (χ1v) is 23.7. The lowest BCUT2D eigenvalue weighted by molar-refractivity contribution is 0.590. The molecule has 0 N–H and O–H groups in total. The van der Waals surface area contributed by atoms with Crippen LogP contribution in [-0.2, 0) is 10.8 Å². The summed E-state index contributed by atoms with van der Waals surface area (Å²) >= 11 is 0. The van der Waals surface area contributed by atoms with Gasteiger partial charge in [0.15, 0.2) is 0 Å². The molecule has 0 saturated heterocycles. The lowest BCUT2D eigenvalue weighted by Gasteiger charge is -2.29. The molecule has 0 aliphatic carbocycles. The fourth-order valence-electron chi connectivity index (χ4n) is 8.76. The van der Waals surface area contributed by atoms with Crippen molar-refractivity contribution in [2.45, 2.75) is 78.6 Å². The molecule has 2 heterocycles.